The van der Waals surface area contributed by atoms with E-state index in [0.29, 0.717) is 13.0 Å². The van der Waals surface area contributed by atoms with Gasteiger partial charge >= 0.3 is 0 Å². The Kier molecular flexibility index (Phi) is 4.14. The van der Waals surface area contributed by atoms with Crippen LogP contribution in [0.5, 0.6) is 0 Å². The highest BCUT2D eigenvalue weighted by Crippen LogP contribution is 2.32. The van der Waals surface area contributed by atoms with E-state index in [4.69, 9.17) is 0 Å². The summed E-state index contributed by atoms with van der Waals surface area (Å²) < 4.78 is 26.4. The van der Waals surface area contributed by atoms with Gasteiger partial charge in [-0.3, -0.25) is 4.79 Å². The Bertz CT molecular complexity index is 471. The average Bonchev–Trinajstić information content (AvgIpc) is 2.42. The minimum Gasteiger partial charge on any atom is -0.323 e. The number of carbonyl (C=O) groups excluding carboxylic acids is 1. The molecule has 1 aromatic carbocycles. The minimum atomic E-state index is -0.747. The quantitative estimate of drug-likeness (QED) is 0.885. The van der Waals surface area contributed by atoms with E-state index in [2.05, 4.69) is 10.6 Å². The molecule has 0 aromatic heterocycles. The number of rotatable bonds is 3. The number of carbonyl (C=O) groups is 1. The number of hydrogen-bond acceptors (Lipinski definition) is 2. The van der Waals surface area contributed by atoms with Crippen molar-refractivity contribution in [1.29, 1.82) is 0 Å². The van der Waals surface area contributed by atoms with Crippen molar-refractivity contribution in [3.63, 3.8) is 0 Å². The number of anilines is 1. The highest BCUT2D eigenvalue weighted by molar-refractivity contribution is 5.95. The lowest BCUT2D eigenvalue weighted by atomic mass is 9.77. The first-order chi connectivity index (χ1) is 9.07. The SMILES string of the molecule is CCC1(C(=O)Nc2ccc(F)cc2F)CCCNC1. The molecular weight excluding hydrogens is 250 g/mol. The molecule has 0 saturated carbocycles. The monoisotopic (exact) mass is 268 g/mol. The maximum atomic E-state index is 13.5. The molecule has 3 nitrogen and oxygen atoms in total. The number of piperidine rings is 1. The standard InChI is InChI=1S/C14H18F2N2O/c1-2-14(6-3-7-17-9-14)13(19)18-12-5-4-10(15)8-11(12)16/h4-5,8,17H,2-3,6-7,9H2,1H3,(H,18,19). The number of halogens is 2. The van der Waals surface area contributed by atoms with Crippen molar-refractivity contribution in [2.45, 2.75) is 26.2 Å². The van der Waals surface area contributed by atoms with E-state index < -0.39 is 17.0 Å². The van der Waals surface area contributed by atoms with Gasteiger partial charge in [0.2, 0.25) is 5.91 Å². The summed E-state index contributed by atoms with van der Waals surface area (Å²) in [4.78, 5) is 12.3. The molecule has 104 valence electrons. The second-order valence-corrected chi connectivity index (χ2v) is 4.99. The summed E-state index contributed by atoms with van der Waals surface area (Å²) in [5.74, 6) is -1.60. The van der Waals surface area contributed by atoms with E-state index in [1.54, 1.807) is 0 Å². The minimum absolute atomic E-state index is 0.0322. The van der Waals surface area contributed by atoms with Crippen LogP contribution in [0.2, 0.25) is 0 Å². The second kappa shape index (κ2) is 5.65. The zero-order valence-electron chi connectivity index (χ0n) is 10.9. The number of hydrogen-bond donors (Lipinski definition) is 2. The van der Waals surface area contributed by atoms with Crippen molar-refractivity contribution in [1.82, 2.24) is 5.32 Å². The van der Waals surface area contributed by atoms with Gasteiger partial charge in [0.25, 0.3) is 0 Å². The van der Waals surface area contributed by atoms with Gasteiger partial charge in [-0.15, -0.1) is 0 Å². The fourth-order valence-electron chi connectivity index (χ4n) is 2.47. The highest BCUT2D eigenvalue weighted by Gasteiger charge is 2.38. The first-order valence-electron chi connectivity index (χ1n) is 6.54. The summed E-state index contributed by atoms with van der Waals surface area (Å²) >= 11 is 0. The average molecular weight is 268 g/mol. The van der Waals surface area contributed by atoms with Gasteiger partial charge in [0.15, 0.2) is 0 Å². The number of benzene rings is 1. The first-order valence-corrected chi connectivity index (χ1v) is 6.54. The van der Waals surface area contributed by atoms with E-state index in [9.17, 15) is 13.6 Å². The molecule has 0 spiro atoms. The molecule has 2 N–H and O–H groups in total. The molecule has 1 aliphatic rings. The van der Waals surface area contributed by atoms with Crippen molar-refractivity contribution >= 4 is 11.6 Å². The Balaban J connectivity index is 2.15. The Morgan fingerprint density at radius 3 is 2.84 bits per heavy atom. The molecule has 1 heterocycles. The summed E-state index contributed by atoms with van der Waals surface area (Å²) in [5, 5.41) is 5.78. The van der Waals surface area contributed by atoms with Gasteiger partial charge in [0, 0.05) is 12.6 Å². The maximum absolute atomic E-state index is 13.5. The van der Waals surface area contributed by atoms with Crippen molar-refractivity contribution < 1.29 is 13.6 Å². The van der Waals surface area contributed by atoms with Crippen LogP contribution in [0.3, 0.4) is 0 Å². The molecule has 1 aliphatic heterocycles. The fourth-order valence-corrected chi connectivity index (χ4v) is 2.47. The van der Waals surface area contributed by atoms with Crippen LogP contribution >= 0.6 is 0 Å². The second-order valence-electron chi connectivity index (χ2n) is 4.99. The predicted octanol–water partition coefficient (Wildman–Crippen LogP) is 2.68. The molecule has 1 saturated heterocycles. The third kappa shape index (κ3) is 2.92. The Morgan fingerprint density at radius 2 is 2.26 bits per heavy atom. The summed E-state index contributed by atoms with van der Waals surface area (Å²) in [5.41, 5.74) is -0.469. The van der Waals surface area contributed by atoms with Crippen LogP contribution in [0.25, 0.3) is 0 Å². The Morgan fingerprint density at radius 1 is 1.47 bits per heavy atom. The Hall–Kier alpha value is -1.49. The van der Waals surface area contributed by atoms with Gasteiger partial charge in [-0.05, 0) is 37.9 Å². The van der Waals surface area contributed by atoms with Crippen LogP contribution in [0.4, 0.5) is 14.5 Å². The van der Waals surface area contributed by atoms with Crippen LogP contribution in [-0.4, -0.2) is 19.0 Å². The topological polar surface area (TPSA) is 41.1 Å². The van der Waals surface area contributed by atoms with Crippen molar-refractivity contribution in [3.05, 3.63) is 29.8 Å². The van der Waals surface area contributed by atoms with Crippen molar-refractivity contribution in [2.24, 2.45) is 5.41 Å². The molecule has 5 heteroatoms. The molecule has 1 aromatic rings. The van der Waals surface area contributed by atoms with E-state index >= 15 is 0 Å². The lowest BCUT2D eigenvalue weighted by molar-refractivity contribution is -0.126. The molecule has 0 aliphatic carbocycles. The lowest BCUT2D eigenvalue weighted by Gasteiger charge is -2.35. The largest absolute Gasteiger partial charge is 0.323 e. The molecule has 1 fully saturated rings. The van der Waals surface area contributed by atoms with Gasteiger partial charge in [-0.2, -0.15) is 0 Å². The van der Waals surface area contributed by atoms with E-state index in [0.717, 1.165) is 31.5 Å². The summed E-state index contributed by atoms with van der Waals surface area (Å²) in [6.45, 7) is 3.45. The molecule has 1 unspecified atom stereocenters. The smallest absolute Gasteiger partial charge is 0.231 e. The summed E-state index contributed by atoms with van der Waals surface area (Å²) in [7, 11) is 0. The van der Waals surface area contributed by atoms with Crippen molar-refractivity contribution in [2.75, 3.05) is 18.4 Å². The predicted molar refractivity (Wildman–Crippen MR) is 69.8 cm³/mol. The van der Waals surface area contributed by atoms with Crippen LogP contribution in [0.1, 0.15) is 26.2 Å². The van der Waals surface area contributed by atoms with Gasteiger partial charge in [-0.25, -0.2) is 8.78 Å². The number of amides is 1. The van der Waals surface area contributed by atoms with Gasteiger partial charge in [-0.1, -0.05) is 6.92 Å². The third-order valence-corrected chi connectivity index (χ3v) is 3.81. The van der Waals surface area contributed by atoms with Gasteiger partial charge < -0.3 is 10.6 Å². The van der Waals surface area contributed by atoms with Crippen LogP contribution < -0.4 is 10.6 Å². The van der Waals surface area contributed by atoms with E-state index in [-0.39, 0.29) is 11.6 Å². The molecule has 0 radical (unpaired) electrons. The van der Waals surface area contributed by atoms with Crippen LogP contribution in [-0.2, 0) is 4.79 Å². The third-order valence-electron chi connectivity index (χ3n) is 3.81. The zero-order chi connectivity index (χ0) is 13.9. The Labute approximate surface area is 111 Å². The van der Waals surface area contributed by atoms with E-state index in [1.807, 2.05) is 6.92 Å². The van der Waals surface area contributed by atoms with Gasteiger partial charge in [0.05, 0.1) is 11.1 Å². The van der Waals surface area contributed by atoms with Crippen LogP contribution in [0.15, 0.2) is 18.2 Å². The summed E-state index contributed by atoms with van der Waals surface area (Å²) in [6, 6.07) is 3.16. The lowest BCUT2D eigenvalue weighted by Crippen LogP contribution is -2.47. The number of nitrogens with one attached hydrogen (secondary N) is 2. The molecule has 1 amide bonds. The first kappa shape index (κ1) is 13.9. The van der Waals surface area contributed by atoms with Crippen molar-refractivity contribution in [3.8, 4) is 0 Å². The normalized spacial score (nSPS) is 23.1. The molecular formula is C14H18F2N2O. The molecule has 0 bridgehead atoms. The maximum Gasteiger partial charge on any atom is 0.231 e. The fraction of sp³-hybridized carbons (Fsp3) is 0.500. The molecule has 1 atom stereocenters. The van der Waals surface area contributed by atoms with Crippen LogP contribution in [0, 0.1) is 17.0 Å². The highest BCUT2D eigenvalue weighted by atomic mass is 19.1. The summed E-state index contributed by atoms with van der Waals surface area (Å²) in [6.07, 6.45) is 2.40. The van der Waals surface area contributed by atoms with E-state index in [1.165, 1.54) is 6.07 Å². The zero-order valence-corrected chi connectivity index (χ0v) is 10.9. The molecule has 19 heavy (non-hydrogen) atoms. The molecule has 2 rings (SSSR count). The van der Waals surface area contributed by atoms with Gasteiger partial charge in [0.1, 0.15) is 11.6 Å².